The molecule has 0 heterocycles. The number of hydrogen-bond acceptors (Lipinski definition) is 5. The highest BCUT2D eigenvalue weighted by molar-refractivity contribution is 5.80. The van der Waals surface area contributed by atoms with E-state index in [-0.39, 0.29) is 12.0 Å². The fourth-order valence-electron chi connectivity index (χ4n) is 2.01. The minimum atomic E-state index is -0.701. The summed E-state index contributed by atoms with van der Waals surface area (Å²) in [6, 6.07) is 0.205. The molecule has 5 heteroatoms. The van der Waals surface area contributed by atoms with Gasteiger partial charge in [0.1, 0.15) is 5.54 Å². The minimum Gasteiger partial charge on any atom is -0.465 e. The minimum absolute atomic E-state index is 0.205. The molecule has 0 saturated heterocycles. The molecule has 1 N–H and O–H groups in total. The van der Waals surface area contributed by atoms with Crippen LogP contribution in [-0.2, 0) is 19.0 Å². The predicted octanol–water partition coefficient (Wildman–Crippen LogP) is 2.53. The summed E-state index contributed by atoms with van der Waals surface area (Å²) in [6.07, 6.45) is 2.80. The molecule has 126 valence electrons. The third-order valence-electron chi connectivity index (χ3n) is 3.09. The zero-order chi connectivity index (χ0) is 16.1. The number of hydrogen-bond donors (Lipinski definition) is 1. The Labute approximate surface area is 129 Å². The van der Waals surface area contributed by atoms with E-state index < -0.39 is 5.54 Å². The number of carbonyl (C=O) groups is 1. The highest BCUT2D eigenvalue weighted by atomic mass is 16.5. The molecular weight excluding hydrogens is 270 g/mol. The Morgan fingerprint density at radius 1 is 1.10 bits per heavy atom. The molecule has 0 aliphatic carbocycles. The summed E-state index contributed by atoms with van der Waals surface area (Å²) in [4.78, 5) is 12.1. The van der Waals surface area contributed by atoms with Crippen LogP contribution in [0.15, 0.2) is 0 Å². The number of carbonyl (C=O) groups excluding carboxylic acids is 1. The van der Waals surface area contributed by atoms with E-state index in [1.165, 1.54) is 0 Å². The Bertz CT molecular complexity index is 271. The SMILES string of the molecule is CCCCOCCOCCC(C)(NC(C)C)C(=O)OCC. The van der Waals surface area contributed by atoms with Gasteiger partial charge in [0.2, 0.25) is 0 Å². The monoisotopic (exact) mass is 303 g/mol. The number of ether oxygens (including phenoxy) is 3. The molecule has 0 aromatic heterocycles. The molecular formula is C16H33NO4. The zero-order valence-corrected chi connectivity index (χ0v) is 14.4. The summed E-state index contributed by atoms with van der Waals surface area (Å²) in [5, 5.41) is 3.27. The molecule has 0 aromatic carbocycles. The number of nitrogens with one attached hydrogen (secondary N) is 1. The highest BCUT2D eigenvalue weighted by Crippen LogP contribution is 2.14. The van der Waals surface area contributed by atoms with Crippen LogP contribution in [0.2, 0.25) is 0 Å². The van der Waals surface area contributed by atoms with Gasteiger partial charge in [-0.05, 0) is 40.5 Å². The fraction of sp³-hybridized carbons (Fsp3) is 0.938. The first-order valence-corrected chi connectivity index (χ1v) is 8.06. The summed E-state index contributed by atoms with van der Waals surface area (Å²) in [7, 11) is 0. The highest BCUT2D eigenvalue weighted by Gasteiger charge is 2.34. The van der Waals surface area contributed by atoms with Crippen molar-refractivity contribution in [2.45, 2.75) is 65.5 Å². The summed E-state index contributed by atoms with van der Waals surface area (Å²) in [5.74, 6) is -0.221. The molecule has 0 saturated carbocycles. The third-order valence-corrected chi connectivity index (χ3v) is 3.09. The smallest absolute Gasteiger partial charge is 0.326 e. The van der Waals surface area contributed by atoms with Gasteiger partial charge < -0.3 is 14.2 Å². The fourth-order valence-corrected chi connectivity index (χ4v) is 2.01. The van der Waals surface area contributed by atoms with E-state index in [9.17, 15) is 4.79 Å². The molecule has 21 heavy (non-hydrogen) atoms. The van der Waals surface area contributed by atoms with Crippen molar-refractivity contribution in [3.05, 3.63) is 0 Å². The standard InChI is InChI=1S/C16H33NO4/c1-6-8-10-19-12-13-20-11-9-16(5,17-14(3)4)15(18)21-7-2/h14,17H,6-13H2,1-5H3. The lowest BCUT2D eigenvalue weighted by molar-refractivity contribution is -0.151. The zero-order valence-electron chi connectivity index (χ0n) is 14.4. The molecule has 1 atom stereocenters. The van der Waals surface area contributed by atoms with Gasteiger partial charge in [-0.1, -0.05) is 13.3 Å². The number of rotatable bonds is 13. The van der Waals surface area contributed by atoms with Crippen LogP contribution in [-0.4, -0.2) is 50.6 Å². The van der Waals surface area contributed by atoms with Crippen molar-refractivity contribution in [1.29, 1.82) is 0 Å². The van der Waals surface area contributed by atoms with E-state index >= 15 is 0 Å². The van der Waals surface area contributed by atoms with Crippen LogP contribution in [0.3, 0.4) is 0 Å². The van der Waals surface area contributed by atoms with Crippen LogP contribution >= 0.6 is 0 Å². The van der Waals surface area contributed by atoms with Crippen molar-refractivity contribution in [3.63, 3.8) is 0 Å². The first-order chi connectivity index (χ1) is 9.96. The Morgan fingerprint density at radius 3 is 2.24 bits per heavy atom. The Morgan fingerprint density at radius 2 is 1.71 bits per heavy atom. The topological polar surface area (TPSA) is 56.8 Å². The lowest BCUT2D eigenvalue weighted by Crippen LogP contribution is -2.53. The maximum atomic E-state index is 12.1. The van der Waals surface area contributed by atoms with Gasteiger partial charge in [0, 0.05) is 19.3 Å². The van der Waals surface area contributed by atoms with Crippen LogP contribution < -0.4 is 5.32 Å². The first kappa shape index (κ1) is 20.3. The molecule has 0 fully saturated rings. The van der Waals surface area contributed by atoms with Gasteiger partial charge in [0.25, 0.3) is 0 Å². The van der Waals surface area contributed by atoms with Gasteiger partial charge in [-0.25, -0.2) is 0 Å². The van der Waals surface area contributed by atoms with E-state index in [0.717, 1.165) is 19.4 Å². The van der Waals surface area contributed by atoms with Crippen molar-refractivity contribution < 1.29 is 19.0 Å². The van der Waals surface area contributed by atoms with Crippen molar-refractivity contribution in [3.8, 4) is 0 Å². The lowest BCUT2D eigenvalue weighted by atomic mass is 9.97. The molecule has 0 amide bonds. The first-order valence-electron chi connectivity index (χ1n) is 8.06. The average Bonchev–Trinajstić information content (AvgIpc) is 2.41. The number of esters is 1. The summed E-state index contributed by atoms with van der Waals surface area (Å²) in [5.41, 5.74) is -0.701. The molecule has 1 unspecified atom stereocenters. The third kappa shape index (κ3) is 9.82. The Hall–Kier alpha value is -0.650. The lowest BCUT2D eigenvalue weighted by Gasteiger charge is -2.30. The molecule has 0 radical (unpaired) electrons. The van der Waals surface area contributed by atoms with Crippen LogP contribution in [0.25, 0.3) is 0 Å². The summed E-state index contributed by atoms with van der Waals surface area (Å²) in [6.45, 7) is 12.7. The Kier molecular flexibility index (Phi) is 11.6. The van der Waals surface area contributed by atoms with Crippen LogP contribution in [0, 0.1) is 0 Å². The second-order valence-electron chi connectivity index (χ2n) is 5.68. The average molecular weight is 303 g/mol. The second-order valence-corrected chi connectivity index (χ2v) is 5.68. The van der Waals surface area contributed by atoms with Gasteiger partial charge in [-0.2, -0.15) is 0 Å². The number of unbranched alkanes of at least 4 members (excludes halogenated alkanes) is 1. The molecule has 0 aliphatic heterocycles. The van der Waals surface area contributed by atoms with Crippen LogP contribution in [0.1, 0.15) is 53.9 Å². The van der Waals surface area contributed by atoms with Crippen LogP contribution in [0.5, 0.6) is 0 Å². The van der Waals surface area contributed by atoms with Gasteiger partial charge >= 0.3 is 5.97 Å². The van der Waals surface area contributed by atoms with E-state index in [0.29, 0.717) is 32.8 Å². The maximum absolute atomic E-state index is 12.1. The van der Waals surface area contributed by atoms with Gasteiger partial charge in [-0.3, -0.25) is 10.1 Å². The molecule has 5 nitrogen and oxygen atoms in total. The van der Waals surface area contributed by atoms with Gasteiger partial charge in [-0.15, -0.1) is 0 Å². The summed E-state index contributed by atoms with van der Waals surface area (Å²) >= 11 is 0. The molecule has 0 aromatic rings. The predicted molar refractivity (Wildman–Crippen MR) is 84.5 cm³/mol. The van der Waals surface area contributed by atoms with E-state index in [4.69, 9.17) is 14.2 Å². The second kappa shape index (κ2) is 12.0. The normalized spacial score (nSPS) is 14.2. The van der Waals surface area contributed by atoms with Crippen molar-refractivity contribution in [2.24, 2.45) is 0 Å². The van der Waals surface area contributed by atoms with Crippen LogP contribution in [0.4, 0.5) is 0 Å². The van der Waals surface area contributed by atoms with E-state index in [1.807, 2.05) is 27.7 Å². The quantitative estimate of drug-likeness (QED) is 0.418. The van der Waals surface area contributed by atoms with Gasteiger partial charge in [0.05, 0.1) is 19.8 Å². The van der Waals surface area contributed by atoms with Crippen molar-refractivity contribution in [2.75, 3.05) is 33.0 Å². The van der Waals surface area contributed by atoms with Crippen molar-refractivity contribution in [1.82, 2.24) is 5.32 Å². The summed E-state index contributed by atoms with van der Waals surface area (Å²) < 4.78 is 16.1. The van der Waals surface area contributed by atoms with E-state index in [1.54, 1.807) is 0 Å². The maximum Gasteiger partial charge on any atom is 0.326 e. The Balaban J connectivity index is 3.99. The molecule has 0 aliphatic rings. The molecule has 0 rings (SSSR count). The van der Waals surface area contributed by atoms with Gasteiger partial charge in [0.15, 0.2) is 0 Å². The molecule has 0 bridgehead atoms. The largest absolute Gasteiger partial charge is 0.465 e. The molecule has 0 spiro atoms. The van der Waals surface area contributed by atoms with E-state index in [2.05, 4.69) is 12.2 Å². The van der Waals surface area contributed by atoms with Crippen molar-refractivity contribution >= 4 is 5.97 Å².